The van der Waals surface area contributed by atoms with E-state index in [9.17, 15) is 5.11 Å². The first-order valence-electron chi connectivity index (χ1n) is 4.94. The maximum absolute atomic E-state index is 9.26. The van der Waals surface area contributed by atoms with Gasteiger partial charge in [-0.1, -0.05) is 6.92 Å². The highest BCUT2D eigenvalue weighted by molar-refractivity contribution is 4.76. The largest absolute Gasteiger partial charge is 0.393 e. The summed E-state index contributed by atoms with van der Waals surface area (Å²) in [6.45, 7) is 6.57. The van der Waals surface area contributed by atoms with Gasteiger partial charge in [0.2, 0.25) is 0 Å². The first kappa shape index (κ1) is 10.0. The third kappa shape index (κ3) is 3.11. The van der Waals surface area contributed by atoms with Crippen molar-refractivity contribution in [2.45, 2.75) is 32.8 Å². The quantitative estimate of drug-likeness (QED) is 0.678. The third-order valence-corrected chi connectivity index (χ3v) is 2.60. The fourth-order valence-corrected chi connectivity index (χ4v) is 2.42. The molecule has 1 saturated heterocycles. The van der Waals surface area contributed by atoms with Gasteiger partial charge < -0.3 is 10.0 Å². The van der Waals surface area contributed by atoms with Gasteiger partial charge in [-0.05, 0) is 38.6 Å². The van der Waals surface area contributed by atoms with Crippen molar-refractivity contribution in [3.8, 4) is 0 Å². The van der Waals surface area contributed by atoms with Crippen LogP contribution in [0.15, 0.2) is 0 Å². The fourth-order valence-electron chi connectivity index (χ4n) is 2.42. The number of piperidine rings is 1. The molecule has 0 amide bonds. The highest BCUT2D eigenvalue weighted by atomic mass is 16.3. The highest BCUT2D eigenvalue weighted by Gasteiger charge is 2.22. The Morgan fingerprint density at radius 3 is 2.67 bits per heavy atom. The van der Waals surface area contributed by atoms with E-state index in [1.54, 1.807) is 0 Å². The second-order valence-corrected chi connectivity index (χ2v) is 4.51. The van der Waals surface area contributed by atoms with Crippen LogP contribution in [0, 0.1) is 11.8 Å². The van der Waals surface area contributed by atoms with Crippen LogP contribution in [0.2, 0.25) is 0 Å². The average molecular weight is 171 g/mol. The van der Waals surface area contributed by atoms with Gasteiger partial charge >= 0.3 is 0 Å². The fraction of sp³-hybridized carbons (Fsp3) is 1.00. The van der Waals surface area contributed by atoms with Gasteiger partial charge in [0.05, 0.1) is 6.10 Å². The molecule has 2 heteroatoms. The van der Waals surface area contributed by atoms with Gasteiger partial charge in [-0.25, -0.2) is 0 Å². The lowest BCUT2D eigenvalue weighted by Crippen LogP contribution is -2.37. The number of hydrogen-bond donors (Lipinski definition) is 1. The summed E-state index contributed by atoms with van der Waals surface area (Å²) in [6.07, 6.45) is 2.12. The van der Waals surface area contributed by atoms with E-state index in [0.717, 1.165) is 18.9 Å². The van der Waals surface area contributed by atoms with E-state index in [4.69, 9.17) is 0 Å². The van der Waals surface area contributed by atoms with Crippen molar-refractivity contribution in [3.05, 3.63) is 0 Å². The molecule has 1 aliphatic rings. The summed E-state index contributed by atoms with van der Waals surface area (Å²) in [7, 11) is 2.17. The van der Waals surface area contributed by atoms with Gasteiger partial charge in [0.1, 0.15) is 0 Å². The van der Waals surface area contributed by atoms with Crippen molar-refractivity contribution in [1.82, 2.24) is 4.90 Å². The van der Waals surface area contributed by atoms with E-state index in [1.807, 2.05) is 6.92 Å². The summed E-state index contributed by atoms with van der Waals surface area (Å²) < 4.78 is 0. The van der Waals surface area contributed by atoms with E-state index >= 15 is 0 Å². The molecule has 72 valence electrons. The molecule has 1 fully saturated rings. The lowest BCUT2D eigenvalue weighted by Gasteiger charge is -2.34. The maximum Gasteiger partial charge on any atom is 0.0515 e. The van der Waals surface area contributed by atoms with Crippen molar-refractivity contribution < 1.29 is 5.11 Å². The predicted octanol–water partition coefficient (Wildman–Crippen LogP) is 1.35. The van der Waals surface area contributed by atoms with E-state index in [0.29, 0.717) is 5.92 Å². The minimum absolute atomic E-state index is 0.131. The summed E-state index contributed by atoms with van der Waals surface area (Å²) in [5.74, 6) is 1.51. The Balaban J connectivity index is 2.34. The van der Waals surface area contributed by atoms with Gasteiger partial charge in [-0.15, -0.1) is 0 Å². The molecule has 1 N–H and O–H groups in total. The molecule has 0 aromatic heterocycles. The molecule has 2 unspecified atom stereocenters. The van der Waals surface area contributed by atoms with Crippen LogP contribution >= 0.6 is 0 Å². The number of aliphatic hydroxyl groups is 1. The predicted molar refractivity (Wildman–Crippen MR) is 51.1 cm³/mol. The molecule has 0 spiro atoms. The third-order valence-electron chi connectivity index (χ3n) is 2.60. The summed E-state index contributed by atoms with van der Waals surface area (Å²) in [5.41, 5.74) is 0. The van der Waals surface area contributed by atoms with E-state index in [1.165, 1.54) is 13.0 Å². The van der Waals surface area contributed by atoms with Crippen LogP contribution in [0.5, 0.6) is 0 Å². The molecule has 0 aromatic rings. The minimum Gasteiger partial charge on any atom is -0.393 e. The number of nitrogens with zero attached hydrogens (tertiary/aromatic N) is 1. The second-order valence-electron chi connectivity index (χ2n) is 4.51. The van der Waals surface area contributed by atoms with Gasteiger partial charge in [-0.3, -0.25) is 0 Å². The van der Waals surface area contributed by atoms with Gasteiger partial charge in [-0.2, -0.15) is 0 Å². The molecule has 0 radical (unpaired) electrons. The summed E-state index contributed by atoms with van der Waals surface area (Å²) in [5, 5.41) is 9.26. The van der Waals surface area contributed by atoms with Crippen LogP contribution in [0.25, 0.3) is 0 Å². The molecule has 1 rings (SSSR count). The Morgan fingerprint density at radius 1 is 1.50 bits per heavy atom. The monoisotopic (exact) mass is 171 g/mol. The zero-order valence-electron chi connectivity index (χ0n) is 8.45. The van der Waals surface area contributed by atoms with Gasteiger partial charge in [0.15, 0.2) is 0 Å². The Hall–Kier alpha value is -0.0800. The van der Waals surface area contributed by atoms with Crippen molar-refractivity contribution in [1.29, 1.82) is 0 Å². The maximum atomic E-state index is 9.26. The molecule has 12 heavy (non-hydrogen) atoms. The number of rotatable bonds is 2. The van der Waals surface area contributed by atoms with Crippen LogP contribution in [0.3, 0.4) is 0 Å². The molecule has 1 heterocycles. The second kappa shape index (κ2) is 4.24. The summed E-state index contributed by atoms with van der Waals surface area (Å²) in [4.78, 5) is 2.38. The Morgan fingerprint density at radius 2 is 2.17 bits per heavy atom. The molecular weight excluding hydrogens is 150 g/mol. The van der Waals surface area contributed by atoms with Crippen LogP contribution in [0.1, 0.15) is 26.7 Å². The molecule has 3 atom stereocenters. The van der Waals surface area contributed by atoms with Crippen LogP contribution in [-0.4, -0.2) is 36.2 Å². The van der Waals surface area contributed by atoms with E-state index in [-0.39, 0.29) is 6.10 Å². The van der Waals surface area contributed by atoms with Crippen LogP contribution in [-0.2, 0) is 0 Å². The van der Waals surface area contributed by atoms with Crippen LogP contribution in [0.4, 0.5) is 0 Å². The average Bonchev–Trinajstić information content (AvgIpc) is 1.81. The van der Waals surface area contributed by atoms with Gasteiger partial charge in [0, 0.05) is 13.1 Å². The van der Waals surface area contributed by atoms with E-state index in [2.05, 4.69) is 18.9 Å². The zero-order valence-corrected chi connectivity index (χ0v) is 8.45. The van der Waals surface area contributed by atoms with Crippen molar-refractivity contribution in [2.75, 3.05) is 20.1 Å². The SMILES string of the molecule is CC(O)C[C@@H]1CC(C)CN(C)C1. The van der Waals surface area contributed by atoms with E-state index < -0.39 is 0 Å². The topological polar surface area (TPSA) is 23.5 Å². The van der Waals surface area contributed by atoms with Gasteiger partial charge in [0.25, 0.3) is 0 Å². The molecular formula is C10H21NO. The van der Waals surface area contributed by atoms with Crippen molar-refractivity contribution >= 4 is 0 Å². The summed E-state index contributed by atoms with van der Waals surface area (Å²) in [6, 6.07) is 0. The van der Waals surface area contributed by atoms with Crippen molar-refractivity contribution in [3.63, 3.8) is 0 Å². The zero-order chi connectivity index (χ0) is 9.14. The molecule has 1 aliphatic heterocycles. The van der Waals surface area contributed by atoms with Crippen LogP contribution < -0.4 is 0 Å². The van der Waals surface area contributed by atoms with Crippen molar-refractivity contribution in [2.24, 2.45) is 11.8 Å². The minimum atomic E-state index is -0.131. The molecule has 0 bridgehead atoms. The molecule has 0 saturated carbocycles. The first-order valence-corrected chi connectivity index (χ1v) is 4.94. The molecule has 2 nitrogen and oxygen atoms in total. The molecule has 0 aliphatic carbocycles. The number of aliphatic hydroxyl groups excluding tert-OH is 1. The lowest BCUT2D eigenvalue weighted by atomic mass is 9.87. The summed E-state index contributed by atoms with van der Waals surface area (Å²) >= 11 is 0. The Bertz CT molecular complexity index is 123. The standard InChI is InChI=1S/C10H21NO/c1-8-4-10(5-9(2)12)7-11(3)6-8/h8-10,12H,4-7H2,1-3H3/t8?,9?,10-/m0/s1. The smallest absolute Gasteiger partial charge is 0.0515 e. The number of hydrogen-bond acceptors (Lipinski definition) is 2. The number of likely N-dealkylation sites (tertiary alicyclic amines) is 1. The highest BCUT2D eigenvalue weighted by Crippen LogP contribution is 2.23. The molecule has 0 aromatic carbocycles. The Kier molecular flexibility index (Phi) is 3.53. The normalized spacial score (nSPS) is 35.0. The first-order chi connectivity index (χ1) is 5.58. The Labute approximate surface area is 75.6 Å². The lowest BCUT2D eigenvalue weighted by molar-refractivity contribution is 0.101.